The Morgan fingerprint density at radius 3 is 2.34 bits per heavy atom. The molecule has 0 aliphatic rings. The fourth-order valence-electron chi connectivity index (χ4n) is 3.79. The Labute approximate surface area is 189 Å². The number of hydrogen-bond donors (Lipinski definition) is 1. The van der Waals surface area contributed by atoms with Gasteiger partial charge in [0.05, 0.1) is 32.5 Å². The first kappa shape index (κ1) is 21.7. The highest BCUT2D eigenvalue weighted by molar-refractivity contribution is 5.85. The van der Waals surface area contributed by atoms with Gasteiger partial charge in [-0.15, -0.1) is 0 Å². The van der Waals surface area contributed by atoms with Crippen LogP contribution in [0, 0.1) is 0 Å². The lowest BCUT2D eigenvalue weighted by molar-refractivity contribution is 0.355. The molecule has 0 bridgehead atoms. The van der Waals surface area contributed by atoms with Crippen molar-refractivity contribution in [1.29, 1.82) is 0 Å². The minimum atomic E-state index is 0.681. The molecule has 5 heteroatoms. The summed E-state index contributed by atoms with van der Waals surface area (Å²) in [4.78, 5) is 5.01. The van der Waals surface area contributed by atoms with Crippen LogP contribution in [0.2, 0.25) is 0 Å². The Morgan fingerprint density at radius 2 is 1.59 bits per heavy atom. The number of pyridine rings is 1. The molecule has 3 aromatic carbocycles. The Bertz CT molecular complexity index is 1190. The van der Waals surface area contributed by atoms with Gasteiger partial charge in [0, 0.05) is 23.6 Å². The number of ether oxygens (including phenoxy) is 3. The van der Waals surface area contributed by atoms with E-state index in [0.717, 1.165) is 46.4 Å². The molecule has 4 rings (SSSR count). The van der Waals surface area contributed by atoms with E-state index in [1.165, 1.54) is 5.56 Å². The van der Waals surface area contributed by atoms with Gasteiger partial charge in [-0.1, -0.05) is 30.3 Å². The zero-order valence-electron chi connectivity index (χ0n) is 18.7. The Kier molecular flexibility index (Phi) is 6.87. The van der Waals surface area contributed by atoms with E-state index in [0.29, 0.717) is 18.0 Å². The molecular weight excluding hydrogens is 400 g/mol. The van der Waals surface area contributed by atoms with Crippen LogP contribution >= 0.6 is 0 Å². The number of nitrogens with one attached hydrogen (secondary N) is 1. The molecule has 0 saturated carbocycles. The van der Waals surface area contributed by atoms with Crippen LogP contribution in [-0.4, -0.2) is 32.9 Å². The van der Waals surface area contributed by atoms with Crippen LogP contribution in [0.3, 0.4) is 0 Å². The van der Waals surface area contributed by atoms with Crippen LogP contribution in [0.25, 0.3) is 22.2 Å². The molecule has 0 spiro atoms. The van der Waals surface area contributed by atoms with Crippen molar-refractivity contribution in [1.82, 2.24) is 10.3 Å². The fraction of sp³-hybridized carbons (Fsp3) is 0.222. The lowest BCUT2D eigenvalue weighted by Crippen LogP contribution is -2.17. The lowest BCUT2D eigenvalue weighted by Gasteiger charge is -2.15. The maximum absolute atomic E-state index is 5.52. The zero-order valence-corrected chi connectivity index (χ0v) is 18.7. The molecular formula is C27H28N2O3. The summed E-state index contributed by atoms with van der Waals surface area (Å²) in [7, 11) is 4.95. The van der Waals surface area contributed by atoms with E-state index >= 15 is 0 Å². The third-order valence-corrected chi connectivity index (χ3v) is 5.51. The standard InChI is InChI=1S/C27H28N2O3/c1-30-23-11-9-20-15-22(18-28-14-13-19-7-5-4-6-8-19)27(29-24(20)17-23)21-10-12-25(31-2)26(16-21)32-3/h4-12,15-17,28H,13-14,18H2,1-3H3. The molecule has 4 aromatic rings. The number of aromatic nitrogens is 1. The first-order valence-corrected chi connectivity index (χ1v) is 10.7. The van der Waals surface area contributed by atoms with Crippen molar-refractivity contribution in [3.05, 3.63) is 83.9 Å². The van der Waals surface area contributed by atoms with Crippen LogP contribution in [-0.2, 0) is 13.0 Å². The molecule has 0 fully saturated rings. The summed E-state index contributed by atoms with van der Waals surface area (Å²) >= 11 is 0. The van der Waals surface area contributed by atoms with E-state index < -0.39 is 0 Å². The van der Waals surface area contributed by atoms with E-state index in [1.54, 1.807) is 21.3 Å². The summed E-state index contributed by atoms with van der Waals surface area (Å²) in [6.07, 6.45) is 0.977. The van der Waals surface area contributed by atoms with Gasteiger partial charge in [0.1, 0.15) is 5.75 Å². The maximum atomic E-state index is 5.52. The van der Waals surface area contributed by atoms with Crippen LogP contribution in [0.15, 0.2) is 72.8 Å². The zero-order chi connectivity index (χ0) is 22.3. The van der Waals surface area contributed by atoms with Gasteiger partial charge in [-0.3, -0.25) is 0 Å². The Hall–Kier alpha value is -3.57. The fourth-order valence-corrected chi connectivity index (χ4v) is 3.79. The van der Waals surface area contributed by atoms with Crippen molar-refractivity contribution in [3.8, 4) is 28.5 Å². The van der Waals surface area contributed by atoms with Gasteiger partial charge in [0.25, 0.3) is 0 Å². The van der Waals surface area contributed by atoms with Gasteiger partial charge in [-0.25, -0.2) is 4.98 Å². The second-order valence-corrected chi connectivity index (χ2v) is 7.54. The summed E-state index contributed by atoms with van der Waals surface area (Å²) in [5, 5.41) is 4.66. The van der Waals surface area contributed by atoms with Gasteiger partial charge in [-0.2, -0.15) is 0 Å². The predicted molar refractivity (Wildman–Crippen MR) is 129 cm³/mol. The summed E-state index contributed by atoms with van der Waals surface area (Å²) in [6.45, 7) is 1.60. The monoisotopic (exact) mass is 428 g/mol. The molecule has 0 unspecified atom stereocenters. The average molecular weight is 429 g/mol. The summed E-state index contributed by atoms with van der Waals surface area (Å²) in [5.41, 5.74) is 5.24. The molecule has 164 valence electrons. The Morgan fingerprint density at radius 1 is 0.781 bits per heavy atom. The van der Waals surface area contributed by atoms with Crippen molar-refractivity contribution >= 4 is 10.9 Å². The van der Waals surface area contributed by atoms with Crippen molar-refractivity contribution < 1.29 is 14.2 Å². The molecule has 0 radical (unpaired) electrons. The highest BCUT2D eigenvalue weighted by Gasteiger charge is 2.13. The number of fused-ring (bicyclic) bond motifs is 1. The van der Waals surface area contributed by atoms with E-state index in [2.05, 4.69) is 35.6 Å². The van der Waals surface area contributed by atoms with Crippen molar-refractivity contribution in [3.63, 3.8) is 0 Å². The molecule has 32 heavy (non-hydrogen) atoms. The van der Waals surface area contributed by atoms with Crippen LogP contribution in [0.4, 0.5) is 0 Å². The maximum Gasteiger partial charge on any atom is 0.161 e. The molecule has 0 aliphatic heterocycles. The number of hydrogen-bond acceptors (Lipinski definition) is 5. The summed E-state index contributed by atoms with van der Waals surface area (Å²) < 4.78 is 16.3. The van der Waals surface area contributed by atoms with E-state index in [1.807, 2.05) is 42.5 Å². The lowest BCUT2D eigenvalue weighted by atomic mass is 10.0. The first-order valence-electron chi connectivity index (χ1n) is 10.7. The largest absolute Gasteiger partial charge is 0.497 e. The van der Waals surface area contributed by atoms with Gasteiger partial charge in [0.2, 0.25) is 0 Å². The van der Waals surface area contributed by atoms with Gasteiger partial charge < -0.3 is 19.5 Å². The van der Waals surface area contributed by atoms with Crippen molar-refractivity contribution in [2.75, 3.05) is 27.9 Å². The van der Waals surface area contributed by atoms with Crippen molar-refractivity contribution in [2.24, 2.45) is 0 Å². The molecule has 1 heterocycles. The topological polar surface area (TPSA) is 52.6 Å². The highest BCUT2D eigenvalue weighted by atomic mass is 16.5. The quantitative estimate of drug-likeness (QED) is 0.369. The van der Waals surface area contributed by atoms with Gasteiger partial charge in [-0.05, 0) is 60.5 Å². The number of rotatable bonds is 9. The normalized spacial score (nSPS) is 10.8. The SMILES string of the molecule is COc1ccc2cc(CNCCc3ccccc3)c(-c3ccc(OC)c(OC)c3)nc2c1. The Balaban J connectivity index is 1.66. The average Bonchev–Trinajstić information content (AvgIpc) is 2.86. The number of benzene rings is 3. The smallest absolute Gasteiger partial charge is 0.161 e. The molecule has 1 aromatic heterocycles. The van der Waals surface area contributed by atoms with Crippen molar-refractivity contribution in [2.45, 2.75) is 13.0 Å². The number of nitrogens with zero attached hydrogens (tertiary/aromatic N) is 1. The third kappa shape index (κ3) is 4.84. The second-order valence-electron chi connectivity index (χ2n) is 7.54. The predicted octanol–water partition coefficient (Wildman–Crippen LogP) is 5.26. The van der Waals surface area contributed by atoms with Crippen LogP contribution in [0.5, 0.6) is 17.2 Å². The third-order valence-electron chi connectivity index (χ3n) is 5.51. The first-order chi connectivity index (χ1) is 15.7. The molecule has 5 nitrogen and oxygen atoms in total. The highest BCUT2D eigenvalue weighted by Crippen LogP contribution is 2.34. The molecule has 0 atom stereocenters. The van der Waals surface area contributed by atoms with Crippen LogP contribution in [0.1, 0.15) is 11.1 Å². The molecule has 0 aliphatic carbocycles. The van der Waals surface area contributed by atoms with Gasteiger partial charge >= 0.3 is 0 Å². The summed E-state index contributed by atoms with van der Waals surface area (Å²) in [6, 6.07) is 24.6. The minimum Gasteiger partial charge on any atom is -0.497 e. The minimum absolute atomic E-state index is 0.681. The summed E-state index contributed by atoms with van der Waals surface area (Å²) in [5.74, 6) is 2.17. The van der Waals surface area contributed by atoms with E-state index in [9.17, 15) is 0 Å². The second kappa shape index (κ2) is 10.2. The van der Waals surface area contributed by atoms with Gasteiger partial charge in [0.15, 0.2) is 11.5 Å². The molecule has 0 amide bonds. The van der Waals surface area contributed by atoms with E-state index in [4.69, 9.17) is 19.2 Å². The molecule has 1 N–H and O–H groups in total. The van der Waals surface area contributed by atoms with Crippen LogP contribution < -0.4 is 19.5 Å². The number of methoxy groups -OCH3 is 3. The molecule has 0 saturated heterocycles. The van der Waals surface area contributed by atoms with E-state index in [-0.39, 0.29) is 0 Å².